The lowest BCUT2D eigenvalue weighted by Gasteiger charge is -2.40. The summed E-state index contributed by atoms with van der Waals surface area (Å²) in [7, 11) is 0. The Morgan fingerprint density at radius 2 is 1.35 bits per heavy atom. The molecule has 0 spiro atoms. The van der Waals surface area contributed by atoms with Crippen molar-refractivity contribution in [3.05, 3.63) is 106 Å². The third-order valence-corrected chi connectivity index (χ3v) is 6.90. The minimum absolute atomic E-state index is 0.227. The zero-order valence-corrected chi connectivity index (χ0v) is 21.0. The van der Waals surface area contributed by atoms with Gasteiger partial charge in [-0.2, -0.15) is 0 Å². The van der Waals surface area contributed by atoms with Crippen LogP contribution >= 0.6 is 22.6 Å². The minimum Gasteiger partial charge on any atom is -0.393 e. The van der Waals surface area contributed by atoms with Gasteiger partial charge in [0.2, 0.25) is 0 Å². The molecule has 3 aromatic carbocycles. The third-order valence-electron chi connectivity index (χ3n) is 6.18. The van der Waals surface area contributed by atoms with E-state index in [1.165, 1.54) is 14.7 Å². The largest absolute Gasteiger partial charge is 0.393 e. The predicted octanol–water partition coefficient (Wildman–Crippen LogP) is 5.32. The van der Waals surface area contributed by atoms with Crippen LogP contribution in [0.2, 0.25) is 0 Å². The number of nitrogens with two attached hydrogens (primary N) is 1. The Balaban J connectivity index is 1.33. The Labute approximate surface area is 214 Å². The second-order valence-corrected chi connectivity index (χ2v) is 9.58. The maximum atomic E-state index is 6.52. The van der Waals surface area contributed by atoms with Gasteiger partial charge in [-0.05, 0) is 58.0 Å². The summed E-state index contributed by atoms with van der Waals surface area (Å²) >= 11 is 2.29. The second-order valence-electron chi connectivity index (χ2n) is 8.34. The van der Waals surface area contributed by atoms with E-state index >= 15 is 0 Å². The van der Waals surface area contributed by atoms with E-state index in [0.29, 0.717) is 11.5 Å². The fraction of sp³-hybridized carbons (Fsp3) is 0.185. The van der Waals surface area contributed by atoms with Crippen LogP contribution < -0.4 is 16.0 Å². The van der Waals surface area contributed by atoms with Gasteiger partial charge in [-0.1, -0.05) is 60.7 Å². The van der Waals surface area contributed by atoms with Crippen LogP contribution in [0, 0.1) is 3.57 Å². The molecular formula is C27H27IN6. The van der Waals surface area contributed by atoms with Crippen LogP contribution in [0.5, 0.6) is 0 Å². The Kier molecular flexibility index (Phi) is 6.92. The lowest BCUT2D eigenvalue weighted by atomic mass is 9.96. The van der Waals surface area contributed by atoms with Gasteiger partial charge in [0.15, 0.2) is 11.6 Å². The van der Waals surface area contributed by atoms with Gasteiger partial charge in [-0.15, -0.1) is 0 Å². The number of nitrogen functional groups attached to an aromatic ring is 1. The molecule has 1 fully saturated rings. The molecule has 4 aromatic rings. The molecule has 7 heteroatoms. The average Bonchev–Trinajstić information content (AvgIpc) is 2.89. The van der Waals surface area contributed by atoms with Crippen molar-refractivity contribution in [2.45, 2.75) is 6.04 Å². The second kappa shape index (κ2) is 10.4. The van der Waals surface area contributed by atoms with Gasteiger partial charge < -0.3 is 16.0 Å². The highest BCUT2D eigenvalue weighted by Crippen LogP contribution is 2.33. The summed E-state index contributed by atoms with van der Waals surface area (Å²) in [6.07, 6.45) is 1.59. The SMILES string of the molecule is Nc1c(Nc2ccc(I)cc2)ncnc1N1CCN(C(c2ccccc2)c2ccccc2)CC1. The van der Waals surface area contributed by atoms with E-state index in [-0.39, 0.29) is 6.04 Å². The Morgan fingerprint density at radius 3 is 1.94 bits per heavy atom. The monoisotopic (exact) mass is 562 g/mol. The summed E-state index contributed by atoms with van der Waals surface area (Å²) in [6.45, 7) is 3.52. The van der Waals surface area contributed by atoms with Crippen LogP contribution in [-0.4, -0.2) is 41.0 Å². The zero-order chi connectivity index (χ0) is 23.3. The number of nitrogens with zero attached hydrogens (tertiary/aromatic N) is 4. The highest BCUT2D eigenvalue weighted by atomic mass is 127. The fourth-order valence-electron chi connectivity index (χ4n) is 4.48. The lowest BCUT2D eigenvalue weighted by Crippen LogP contribution is -2.48. The molecule has 172 valence electrons. The van der Waals surface area contributed by atoms with Crippen molar-refractivity contribution < 1.29 is 0 Å². The van der Waals surface area contributed by atoms with E-state index in [4.69, 9.17) is 5.73 Å². The quantitative estimate of drug-likeness (QED) is 0.310. The van der Waals surface area contributed by atoms with Gasteiger partial charge in [0.25, 0.3) is 0 Å². The van der Waals surface area contributed by atoms with Crippen molar-refractivity contribution in [2.24, 2.45) is 0 Å². The number of piperazine rings is 1. The summed E-state index contributed by atoms with van der Waals surface area (Å²) in [5.74, 6) is 1.43. The number of benzene rings is 3. The molecule has 5 rings (SSSR count). The van der Waals surface area contributed by atoms with Gasteiger partial charge in [0, 0.05) is 35.4 Å². The molecule has 3 N–H and O–H groups in total. The van der Waals surface area contributed by atoms with E-state index in [1.54, 1.807) is 6.33 Å². The summed E-state index contributed by atoms with van der Waals surface area (Å²) < 4.78 is 1.18. The van der Waals surface area contributed by atoms with Crippen molar-refractivity contribution >= 4 is 45.6 Å². The van der Waals surface area contributed by atoms with E-state index in [9.17, 15) is 0 Å². The first-order valence-corrected chi connectivity index (χ1v) is 12.5. The molecule has 1 aliphatic heterocycles. The molecule has 0 bridgehead atoms. The standard InChI is InChI=1S/C27H27IN6/c28-22-11-13-23(14-12-22)32-26-24(29)27(31-19-30-26)34-17-15-33(16-18-34)25(20-7-3-1-4-8-20)21-9-5-2-6-10-21/h1-14,19,25H,15-18,29H2,(H,30,31,32). The number of nitrogens with one attached hydrogen (secondary N) is 1. The minimum atomic E-state index is 0.227. The topological polar surface area (TPSA) is 70.3 Å². The molecule has 1 saturated heterocycles. The Hall–Kier alpha value is -3.17. The molecule has 0 unspecified atom stereocenters. The van der Waals surface area contributed by atoms with E-state index in [0.717, 1.165) is 37.7 Å². The summed E-state index contributed by atoms with van der Waals surface area (Å²) in [4.78, 5) is 13.7. The highest BCUT2D eigenvalue weighted by Gasteiger charge is 2.28. The fourth-order valence-corrected chi connectivity index (χ4v) is 4.84. The third kappa shape index (κ3) is 5.00. The van der Waals surface area contributed by atoms with Crippen molar-refractivity contribution in [1.82, 2.24) is 14.9 Å². The molecule has 0 radical (unpaired) electrons. The molecule has 0 aliphatic carbocycles. The van der Waals surface area contributed by atoms with Crippen LogP contribution in [0.3, 0.4) is 0 Å². The summed E-state index contributed by atoms with van der Waals surface area (Å²) in [5.41, 5.74) is 10.7. The van der Waals surface area contributed by atoms with E-state index in [1.807, 2.05) is 12.1 Å². The van der Waals surface area contributed by atoms with Crippen molar-refractivity contribution in [2.75, 3.05) is 42.1 Å². The number of hydrogen-bond acceptors (Lipinski definition) is 6. The predicted molar refractivity (Wildman–Crippen MR) is 147 cm³/mol. The van der Waals surface area contributed by atoms with Gasteiger partial charge in [0.1, 0.15) is 12.0 Å². The Bertz CT molecular complexity index is 1170. The molecule has 0 atom stereocenters. The molecule has 1 aliphatic rings. The van der Waals surface area contributed by atoms with Gasteiger partial charge in [-0.25, -0.2) is 9.97 Å². The van der Waals surface area contributed by atoms with Crippen LogP contribution in [0.1, 0.15) is 17.2 Å². The first-order valence-electron chi connectivity index (χ1n) is 11.4. The molecular weight excluding hydrogens is 535 g/mol. The van der Waals surface area contributed by atoms with Crippen LogP contribution in [0.4, 0.5) is 23.0 Å². The first-order chi connectivity index (χ1) is 16.7. The summed E-state index contributed by atoms with van der Waals surface area (Å²) in [6, 6.07) is 29.9. The average molecular weight is 562 g/mol. The summed E-state index contributed by atoms with van der Waals surface area (Å²) in [5, 5.41) is 3.33. The number of aromatic nitrogens is 2. The lowest BCUT2D eigenvalue weighted by molar-refractivity contribution is 0.212. The zero-order valence-electron chi connectivity index (χ0n) is 18.8. The molecule has 2 heterocycles. The van der Waals surface area contributed by atoms with Crippen molar-refractivity contribution in [3.8, 4) is 0 Å². The van der Waals surface area contributed by atoms with Crippen molar-refractivity contribution in [1.29, 1.82) is 0 Å². The highest BCUT2D eigenvalue weighted by molar-refractivity contribution is 14.1. The molecule has 0 amide bonds. The van der Waals surface area contributed by atoms with E-state index in [2.05, 4.69) is 120 Å². The van der Waals surface area contributed by atoms with Crippen LogP contribution in [0.15, 0.2) is 91.3 Å². The number of anilines is 4. The number of hydrogen-bond donors (Lipinski definition) is 2. The van der Waals surface area contributed by atoms with Gasteiger partial charge >= 0.3 is 0 Å². The first kappa shape index (κ1) is 22.6. The van der Waals surface area contributed by atoms with Gasteiger partial charge in [0.05, 0.1) is 6.04 Å². The molecule has 6 nitrogen and oxygen atoms in total. The Morgan fingerprint density at radius 1 is 0.765 bits per heavy atom. The van der Waals surface area contributed by atoms with Crippen LogP contribution in [-0.2, 0) is 0 Å². The normalized spacial score (nSPS) is 14.4. The number of halogens is 1. The number of rotatable bonds is 6. The maximum Gasteiger partial charge on any atom is 0.159 e. The molecule has 1 aromatic heterocycles. The maximum absolute atomic E-state index is 6.52. The molecule has 34 heavy (non-hydrogen) atoms. The van der Waals surface area contributed by atoms with Crippen LogP contribution in [0.25, 0.3) is 0 Å². The smallest absolute Gasteiger partial charge is 0.159 e. The van der Waals surface area contributed by atoms with Gasteiger partial charge in [-0.3, -0.25) is 4.90 Å². The molecule has 0 saturated carbocycles. The van der Waals surface area contributed by atoms with Crippen molar-refractivity contribution in [3.63, 3.8) is 0 Å². The van der Waals surface area contributed by atoms with E-state index < -0.39 is 0 Å².